The lowest BCUT2D eigenvalue weighted by atomic mass is 10.2. The van der Waals surface area contributed by atoms with Gasteiger partial charge in [0.25, 0.3) is 0 Å². The first-order chi connectivity index (χ1) is 3.93. The predicted octanol–water partition coefficient (Wildman–Crippen LogP) is 1.69. The quantitative estimate of drug-likeness (QED) is 0.535. The molecule has 1 aliphatic heterocycles. The van der Waals surface area contributed by atoms with Gasteiger partial charge < -0.3 is 4.74 Å². The van der Waals surface area contributed by atoms with Crippen molar-refractivity contribution in [1.82, 2.24) is 0 Å². The molecule has 0 atom stereocenters. The van der Waals surface area contributed by atoms with E-state index in [0.717, 1.165) is 0 Å². The van der Waals surface area contributed by atoms with Crippen LogP contribution < -0.4 is 0 Å². The van der Waals surface area contributed by atoms with E-state index in [1.54, 1.807) is 7.11 Å². The molecule has 1 heterocycles. The summed E-state index contributed by atoms with van der Waals surface area (Å²) in [7, 11) is 1.77. The third kappa shape index (κ3) is 1.67. The molecule has 0 N–H and O–H groups in total. The maximum absolute atomic E-state index is 5.09. The second-order valence-corrected chi connectivity index (χ2v) is 3.08. The third-order valence-electron chi connectivity index (χ3n) is 1.34. The van der Waals surface area contributed by atoms with Crippen LogP contribution in [-0.4, -0.2) is 18.6 Å². The summed E-state index contributed by atoms with van der Waals surface area (Å²) in [6, 6.07) is 0. The zero-order valence-corrected chi connectivity index (χ0v) is 5.96. The molecule has 1 nitrogen and oxygen atoms in total. The van der Waals surface area contributed by atoms with E-state index in [9.17, 15) is 0 Å². The average molecular weight is 131 g/mol. The molecule has 0 aromatic carbocycles. The number of methoxy groups -OCH3 is 1. The first kappa shape index (κ1) is 6.43. The van der Waals surface area contributed by atoms with Gasteiger partial charge in [-0.2, -0.15) is 11.8 Å². The molecule has 0 unspecified atom stereocenters. The first-order valence-corrected chi connectivity index (χ1v) is 4.05. The first-order valence-electron chi connectivity index (χ1n) is 2.90. The zero-order chi connectivity index (χ0) is 5.82. The second-order valence-electron chi connectivity index (χ2n) is 1.86. The van der Waals surface area contributed by atoms with Crippen LogP contribution in [0, 0.1) is 6.10 Å². The number of ether oxygens (including phenoxy) is 1. The van der Waals surface area contributed by atoms with Crippen LogP contribution in [0.15, 0.2) is 0 Å². The fourth-order valence-corrected chi connectivity index (χ4v) is 1.75. The van der Waals surface area contributed by atoms with E-state index in [1.165, 1.54) is 30.5 Å². The van der Waals surface area contributed by atoms with Crippen molar-refractivity contribution in [2.75, 3.05) is 18.6 Å². The van der Waals surface area contributed by atoms with Gasteiger partial charge in [0.1, 0.15) is 0 Å². The number of hydrogen-bond acceptors (Lipinski definition) is 2. The van der Waals surface area contributed by atoms with Crippen LogP contribution in [0.25, 0.3) is 0 Å². The lowest BCUT2D eigenvalue weighted by molar-refractivity contribution is 0.192. The average Bonchev–Trinajstić information content (AvgIpc) is 1.90. The molecular weight excluding hydrogens is 120 g/mol. The molecule has 0 aromatic heterocycles. The van der Waals surface area contributed by atoms with Crippen LogP contribution in [-0.2, 0) is 4.74 Å². The molecule has 0 aliphatic carbocycles. The Kier molecular flexibility index (Phi) is 2.70. The zero-order valence-electron chi connectivity index (χ0n) is 5.14. The highest BCUT2D eigenvalue weighted by molar-refractivity contribution is 7.99. The Hall–Kier alpha value is 0.310. The van der Waals surface area contributed by atoms with E-state index in [4.69, 9.17) is 4.74 Å². The fourth-order valence-electron chi connectivity index (χ4n) is 0.803. The van der Waals surface area contributed by atoms with Gasteiger partial charge in [0.15, 0.2) is 0 Å². The largest absolute Gasteiger partial charge is 0.375 e. The van der Waals surface area contributed by atoms with Crippen LogP contribution in [0.2, 0.25) is 0 Å². The van der Waals surface area contributed by atoms with Gasteiger partial charge in [-0.15, -0.1) is 0 Å². The van der Waals surface area contributed by atoms with Crippen molar-refractivity contribution in [3.05, 3.63) is 6.10 Å². The van der Waals surface area contributed by atoms with Crippen molar-refractivity contribution in [2.24, 2.45) is 0 Å². The standard InChI is InChI=1S/C6H11OS/c1-7-6-2-4-8-5-3-6/h2-5H2,1H3. The third-order valence-corrected chi connectivity index (χ3v) is 2.32. The molecule has 0 saturated carbocycles. The highest BCUT2D eigenvalue weighted by Crippen LogP contribution is 2.24. The molecule has 0 spiro atoms. The molecular formula is C6H11OS. The van der Waals surface area contributed by atoms with Crippen LogP contribution in [0.4, 0.5) is 0 Å². The monoisotopic (exact) mass is 131 g/mol. The molecule has 2 heteroatoms. The molecule has 47 valence electrons. The van der Waals surface area contributed by atoms with E-state index in [-0.39, 0.29) is 0 Å². The minimum Gasteiger partial charge on any atom is -0.375 e. The van der Waals surface area contributed by atoms with Gasteiger partial charge in [-0.25, -0.2) is 0 Å². The minimum absolute atomic E-state index is 1.17. The summed E-state index contributed by atoms with van der Waals surface area (Å²) in [5.41, 5.74) is 0. The number of thioether (sulfide) groups is 1. The second kappa shape index (κ2) is 3.36. The van der Waals surface area contributed by atoms with Crippen LogP contribution in [0.5, 0.6) is 0 Å². The summed E-state index contributed by atoms with van der Waals surface area (Å²) in [6.07, 6.45) is 3.62. The van der Waals surface area contributed by atoms with Gasteiger partial charge in [0, 0.05) is 7.11 Å². The molecule has 0 bridgehead atoms. The predicted molar refractivity (Wildman–Crippen MR) is 36.8 cm³/mol. The van der Waals surface area contributed by atoms with Crippen LogP contribution >= 0.6 is 11.8 Å². The Morgan fingerprint density at radius 3 is 2.38 bits per heavy atom. The fraction of sp³-hybridized carbons (Fsp3) is 0.833. The van der Waals surface area contributed by atoms with Gasteiger partial charge in [0.2, 0.25) is 0 Å². The minimum atomic E-state index is 1.17. The van der Waals surface area contributed by atoms with Crippen molar-refractivity contribution in [3.63, 3.8) is 0 Å². The molecule has 8 heavy (non-hydrogen) atoms. The summed E-state index contributed by atoms with van der Waals surface area (Å²) in [6.45, 7) is 0. The Labute approximate surface area is 54.8 Å². The maximum Gasteiger partial charge on any atom is 0.0983 e. The lowest BCUT2D eigenvalue weighted by Crippen LogP contribution is -2.08. The smallest absolute Gasteiger partial charge is 0.0983 e. The Bertz CT molecular complexity index is 59.5. The molecule has 1 aliphatic rings. The van der Waals surface area contributed by atoms with Gasteiger partial charge in [0.05, 0.1) is 6.10 Å². The Morgan fingerprint density at radius 2 is 2.00 bits per heavy atom. The summed E-state index contributed by atoms with van der Waals surface area (Å²) >= 11 is 2.01. The van der Waals surface area contributed by atoms with Gasteiger partial charge in [-0.3, -0.25) is 0 Å². The number of hydrogen-bond donors (Lipinski definition) is 0. The van der Waals surface area contributed by atoms with E-state index >= 15 is 0 Å². The van der Waals surface area contributed by atoms with Gasteiger partial charge in [-0.05, 0) is 24.3 Å². The Balaban J connectivity index is 2.13. The van der Waals surface area contributed by atoms with Crippen molar-refractivity contribution < 1.29 is 4.74 Å². The topological polar surface area (TPSA) is 9.23 Å². The normalized spacial score (nSPS) is 23.6. The molecule has 1 saturated heterocycles. The number of rotatable bonds is 1. The van der Waals surface area contributed by atoms with E-state index < -0.39 is 0 Å². The van der Waals surface area contributed by atoms with E-state index in [1.807, 2.05) is 11.8 Å². The summed E-state index contributed by atoms with van der Waals surface area (Å²) < 4.78 is 5.09. The van der Waals surface area contributed by atoms with E-state index in [0.29, 0.717) is 0 Å². The van der Waals surface area contributed by atoms with Gasteiger partial charge in [-0.1, -0.05) is 0 Å². The molecule has 1 fully saturated rings. The summed E-state index contributed by atoms with van der Waals surface area (Å²) in [5.74, 6) is 2.51. The SMILES string of the molecule is CO[C]1CCSCC1. The van der Waals surface area contributed by atoms with Crippen molar-refractivity contribution in [1.29, 1.82) is 0 Å². The Morgan fingerprint density at radius 1 is 1.38 bits per heavy atom. The van der Waals surface area contributed by atoms with E-state index in [2.05, 4.69) is 0 Å². The molecule has 0 aromatic rings. The van der Waals surface area contributed by atoms with Crippen LogP contribution in [0.3, 0.4) is 0 Å². The van der Waals surface area contributed by atoms with Crippen molar-refractivity contribution in [2.45, 2.75) is 12.8 Å². The highest BCUT2D eigenvalue weighted by Gasteiger charge is 2.12. The summed E-state index contributed by atoms with van der Waals surface area (Å²) in [5, 5.41) is 0. The molecule has 1 rings (SSSR count). The molecule has 0 amide bonds. The summed E-state index contributed by atoms with van der Waals surface area (Å²) in [4.78, 5) is 0. The van der Waals surface area contributed by atoms with Crippen molar-refractivity contribution in [3.8, 4) is 0 Å². The highest BCUT2D eigenvalue weighted by atomic mass is 32.2. The van der Waals surface area contributed by atoms with Crippen LogP contribution in [0.1, 0.15) is 12.8 Å². The van der Waals surface area contributed by atoms with Crippen molar-refractivity contribution >= 4 is 11.8 Å². The van der Waals surface area contributed by atoms with Gasteiger partial charge >= 0.3 is 0 Å². The lowest BCUT2D eigenvalue weighted by Gasteiger charge is -2.17. The maximum atomic E-state index is 5.09. The molecule has 1 radical (unpaired) electrons.